The van der Waals surface area contributed by atoms with Crippen LogP contribution in [0.4, 0.5) is 5.69 Å². The SMILES string of the molecule is CCCc1[nH]nc(C(=O)NCC(N)c2ccccc2)c1[N+](=O)[O-]. The van der Waals surface area contributed by atoms with Crippen molar-refractivity contribution >= 4 is 11.6 Å². The lowest BCUT2D eigenvalue weighted by Crippen LogP contribution is -2.32. The summed E-state index contributed by atoms with van der Waals surface area (Å²) in [6, 6.07) is 8.89. The number of hydrogen-bond donors (Lipinski definition) is 3. The molecular formula is C15H19N5O3. The van der Waals surface area contributed by atoms with Gasteiger partial charge < -0.3 is 11.1 Å². The first-order chi connectivity index (χ1) is 11.0. The van der Waals surface area contributed by atoms with Crippen molar-refractivity contribution in [2.24, 2.45) is 5.73 Å². The van der Waals surface area contributed by atoms with Gasteiger partial charge in [0.05, 0.1) is 4.92 Å². The molecule has 0 aliphatic rings. The fraction of sp³-hybridized carbons (Fsp3) is 0.333. The summed E-state index contributed by atoms with van der Waals surface area (Å²) in [6.45, 7) is 2.05. The Bertz CT molecular complexity index is 684. The fourth-order valence-electron chi connectivity index (χ4n) is 2.26. The van der Waals surface area contributed by atoms with E-state index in [0.717, 1.165) is 5.56 Å². The van der Waals surface area contributed by atoms with E-state index in [-0.39, 0.29) is 17.9 Å². The summed E-state index contributed by atoms with van der Waals surface area (Å²) in [6.07, 6.45) is 1.17. The number of benzene rings is 1. The Morgan fingerprint density at radius 1 is 1.43 bits per heavy atom. The second-order valence-electron chi connectivity index (χ2n) is 5.13. The van der Waals surface area contributed by atoms with Crippen LogP contribution in [0.25, 0.3) is 0 Å². The molecule has 122 valence electrons. The first-order valence-electron chi connectivity index (χ1n) is 7.35. The molecule has 0 aliphatic heterocycles. The van der Waals surface area contributed by atoms with Crippen molar-refractivity contribution < 1.29 is 9.72 Å². The molecule has 0 fully saturated rings. The zero-order chi connectivity index (χ0) is 16.8. The molecular weight excluding hydrogens is 298 g/mol. The van der Waals surface area contributed by atoms with Crippen molar-refractivity contribution in [3.05, 3.63) is 57.4 Å². The molecule has 4 N–H and O–H groups in total. The highest BCUT2D eigenvalue weighted by Crippen LogP contribution is 2.22. The Morgan fingerprint density at radius 3 is 2.74 bits per heavy atom. The minimum absolute atomic E-state index is 0.163. The number of nitrogens with zero attached hydrogens (tertiary/aromatic N) is 2. The van der Waals surface area contributed by atoms with Gasteiger partial charge in [0.25, 0.3) is 5.91 Å². The Balaban J connectivity index is 2.08. The first-order valence-corrected chi connectivity index (χ1v) is 7.35. The van der Waals surface area contributed by atoms with Crippen molar-refractivity contribution in [3.8, 4) is 0 Å². The summed E-state index contributed by atoms with van der Waals surface area (Å²) in [7, 11) is 0. The zero-order valence-corrected chi connectivity index (χ0v) is 12.8. The molecule has 1 amide bonds. The number of aryl methyl sites for hydroxylation is 1. The van der Waals surface area contributed by atoms with Crippen LogP contribution in [0.5, 0.6) is 0 Å². The number of aromatic amines is 1. The molecule has 0 saturated heterocycles. The van der Waals surface area contributed by atoms with Crippen LogP contribution in [-0.4, -0.2) is 27.6 Å². The van der Waals surface area contributed by atoms with Crippen molar-refractivity contribution in [2.75, 3.05) is 6.54 Å². The Morgan fingerprint density at radius 2 is 2.13 bits per heavy atom. The molecule has 8 nitrogen and oxygen atoms in total. The lowest BCUT2D eigenvalue weighted by atomic mass is 10.1. The van der Waals surface area contributed by atoms with Gasteiger partial charge in [-0.15, -0.1) is 0 Å². The number of aromatic nitrogens is 2. The molecule has 0 aliphatic carbocycles. The number of hydrogen-bond acceptors (Lipinski definition) is 5. The Kier molecular flexibility index (Phi) is 5.42. The average Bonchev–Trinajstić information content (AvgIpc) is 2.97. The van der Waals surface area contributed by atoms with E-state index in [0.29, 0.717) is 18.5 Å². The molecule has 0 saturated carbocycles. The van der Waals surface area contributed by atoms with E-state index >= 15 is 0 Å². The molecule has 1 heterocycles. The van der Waals surface area contributed by atoms with Crippen LogP contribution in [0.3, 0.4) is 0 Å². The van der Waals surface area contributed by atoms with E-state index in [9.17, 15) is 14.9 Å². The lowest BCUT2D eigenvalue weighted by Gasteiger charge is -2.12. The summed E-state index contributed by atoms with van der Waals surface area (Å²) in [4.78, 5) is 22.8. The number of carbonyl (C=O) groups excluding carboxylic acids is 1. The van der Waals surface area contributed by atoms with Gasteiger partial charge in [0.2, 0.25) is 5.69 Å². The summed E-state index contributed by atoms with van der Waals surface area (Å²) in [5.74, 6) is -0.610. The quantitative estimate of drug-likeness (QED) is 0.529. The maximum Gasteiger partial charge on any atom is 0.322 e. The van der Waals surface area contributed by atoms with E-state index in [1.165, 1.54) is 0 Å². The largest absolute Gasteiger partial charge is 0.349 e. The number of nitrogens with two attached hydrogens (primary N) is 1. The third-order valence-electron chi connectivity index (χ3n) is 3.42. The van der Waals surface area contributed by atoms with Crippen LogP contribution >= 0.6 is 0 Å². The van der Waals surface area contributed by atoms with Gasteiger partial charge >= 0.3 is 5.69 Å². The number of rotatable bonds is 7. The third-order valence-corrected chi connectivity index (χ3v) is 3.42. The van der Waals surface area contributed by atoms with Gasteiger partial charge in [0, 0.05) is 12.6 Å². The maximum atomic E-state index is 12.2. The van der Waals surface area contributed by atoms with Gasteiger partial charge in [-0.25, -0.2) is 0 Å². The van der Waals surface area contributed by atoms with Crippen LogP contribution < -0.4 is 11.1 Å². The summed E-state index contributed by atoms with van der Waals surface area (Å²) in [5, 5.41) is 20.1. The average molecular weight is 317 g/mol. The number of nitrogens with one attached hydrogen (secondary N) is 2. The second kappa shape index (κ2) is 7.50. The van der Waals surface area contributed by atoms with Crippen LogP contribution in [0.1, 0.15) is 41.1 Å². The number of H-pyrrole nitrogens is 1. The van der Waals surface area contributed by atoms with E-state index in [1.54, 1.807) is 0 Å². The normalized spacial score (nSPS) is 11.9. The predicted molar refractivity (Wildman–Crippen MR) is 84.9 cm³/mol. The van der Waals surface area contributed by atoms with Gasteiger partial charge in [-0.3, -0.25) is 20.0 Å². The number of carbonyl (C=O) groups is 1. The molecule has 0 bridgehead atoms. The molecule has 1 aromatic heterocycles. The van der Waals surface area contributed by atoms with Crippen molar-refractivity contribution in [1.82, 2.24) is 15.5 Å². The van der Waals surface area contributed by atoms with Gasteiger partial charge in [0.15, 0.2) is 0 Å². The van der Waals surface area contributed by atoms with Crippen molar-refractivity contribution in [2.45, 2.75) is 25.8 Å². The lowest BCUT2D eigenvalue weighted by molar-refractivity contribution is -0.385. The Hall–Kier alpha value is -2.74. The van der Waals surface area contributed by atoms with E-state index in [1.807, 2.05) is 37.3 Å². The second-order valence-corrected chi connectivity index (χ2v) is 5.13. The zero-order valence-electron chi connectivity index (χ0n) is 12.8. The van der Waals surface area contributed by atoms with Gasteiger partial charge in [0.1, 0.15) is 5.69 Å². The summed E-state index contributed by atoms with van der Waals surface area (Å²) >= 11 is 0. The minimum Gasteiger partial charge on any atom is -0.349 e. The molecule has 2 aromatic rings. The highest BCUT2D eigenvalue weighted by molar-refractivity contribution is 5.96. The van der Waals surface area contributed by atoms with E-state index < -0.39 is 16.9 Å². The topological polar surface area (TPSA) is 127 Å². The van der Waals surface area contributed by atoms with Crippen molar-refractivity contribution in [3.63, 3.8) is 0 Å². The van der Waals surface area contributed by atoms with Crippen LogP contribution in [0, 0.1) is 10.1 Å². The molecule has 23 heavy (non-hydrogen) atoms. The van der Waals surface area contributed by atoms with E-state index in [4.69, 9.17) is 5.73 Å². The number of amides is 1. The minimum atomic E-state index is -0.610. The van der Waals surface area contributed by atoms with Crippen LogP contribution in [0.2, 0.25) is 0 Å². The molecule has 8 heteroatoms. The molecule has 0 spiro atoms. The van der Waals surface area contributed by atoms with Gasteiger partial charge in [-0.1, -0.05) is 43.7 Å². The van der Waals surface area contributed by atoms with Gasteiger partial charge in [-0.05, 0) is 12.0 Å². The van der Waals surface area contributed by atoms with Crippen LogP contribution in [0.15, 0.2) is 30.3 Å². The Labute approximate surface area is 133 Å². The molecule has 1 unspecified atom stereocenters. The molecule has 2 rings (SSSR count). The monoisotopic (exact) mass is 317 g/mol. The third kappa shape index (κ3) is 3.92. The number of nitro groups is 1. The smallest absolute Gasteiger partial charge is 0.322 e. The van der Waals surface area contributed by atoms with E-state index in [2.05, 4.69) is 15.5 Å². The predicted octanol–water partition coefficient (Wildman–Crippen LogP) is 1.70. The molecule has 1 aromatic carbocycles. The molecule has 0 radical (unpaired) electrons. The van der Waals surface area contributed by atoms with Crippen LogP contribution in [-0.2, 0) is 6.42 Å². The highest BCUT2D eigenvalue weighted by atomic mass is 16.6. The fourth-order valence-corrected chi connectivity index (χ4v) is 2.26. The summed E-state index contributed by atoms with van der Waals surface area (Å²) < 4.78 is 0. The summed E-state index contributed by atoms with van der Waals surface area (Å²) in [5.41, 5.74) is 6.75. The van der Waals surface area contributed by atoms with Crippen molar-refractivity contribution in [1.29, 1.82) is 0 Å². The standard InChI is InChI=1S/C15H19N5O3/c1-2-6-12-14(20(22)23)13(19-18-12)15(21)17-9-11(16)10-7-4-3-5-8-10/h3-5,7-8,11H,2,6,9,16H2,1H3,(H,17,21)(H,18,19). The van der Waals surface area contributed by atoms with Gasteiger partial charge in [-0.2, -0.15) is 5.10 Å². The highest BCUT2D eigenvalue weighted by Gasteiger charge is 2.28. The maximum absolute atomic E-state index is 12.2. The first kappa shape index (κ1) is 16.6. The molecule has 1 atom stereocenters.